The van der Waals surface area contributed by atoms with Crippen molar-refractivity contribution in [2.75, 3.05) is 4.90 Å². The normalized spacial score (nSPS) is 18.0. The van der Waals surface area contributed by atoms with E-state index < -0.39 is 0 Å². The fourth-order valence-electron chi connectivity index (χ4n) is 6.59. The second-order valence-electron chi connectivity index (χ2n) is 10.5. The lowest BCUT2D eigenvalue weighted by Gasteiger charge is -2.28. The van der Waals surface area contributed by atoms with Crippen molar-refractivity contribution in [3.05, 3.63) is 133 Å². The molecular weight excluding hydrogens is 494 g/mol. The standard InChI is InChI=1S/C36H23NOS/c1-4-10-31-25(7-1)26-8-2-5-11-32(26)37(31)24-15-18-30-29-17-14-23(20-35(29)39-36(30)21-24)22-13-16-28-27-9-3-6-12-33(27)38-34(28)19-22/h1-21,25,31H. The van der Waals surface area contributed by atoms with E-state index in [1.54, 1.807) is 0 Å². The predicted molar refractivity (Wildman–Crippen MR) is 165 cm³/mol. The third-order valence-electron chi connectivity index (χ3n) is 8.41. The molecule has 0 saturated heterocycles. The fraction of sp³-hybridized carbons (Fsp3) is 0.0556. The summed E-state index contributed by atoms with van der Waals surface area (Å²) in [6.07, 6.45) is 9.04. The van der Waals surface area contributed by atoms with Crippen molar-refractivity contribution in [3.63, 3.8) is 0 Å². The number of benzene rings is 5. The van der Waals surface area contributed by atoms with E-state index in [-0.39, 0.29) is 0 Å². The molecule has 2 aromatic heterocycles. The van der Waals surface area contributed by atoms with Gasteiger partial charge >= 0.3 is 0 Å². The van der Waals surface area contributed by atoms with E-state index in [0.717, 1.165) is 11.2 Å². The summed E-state index contributed by atoms with van der Waals surface area (Å²) in [5, 5.41) is 4.97. The zero-order valence-corrected chi connectivity index (χ0v) is 21.9. The molecule has 1 aliphatic heterocycles. The summed E-state index contributed by atoms with van der Waals surface area (Å²) in [5.74, 6) is 0.399. The number of nitrogens with zero attached hydrogens (tertiary/aromatic N) is 1. The monoisotopic (exact) mass is 517 g/mol. The first kappa shape index (κ1) is 21.3. The number of thiophene rings is 1. The molecule has 0 amide bonds. The molecule has 3 heteroatoms. The van der Waals surface area contributed by atoms with E-state index >= 15 is 0 Å². The third kappa shape index (κ3) is 3.08. The Hall–Kier alpha value is -4.60. The molecule has 1 aliphatic carbocycles. The first-order valence-electron chi connectivity index (χ1n) is 13.4. The zero-order valence-electron chi connectivity index (χ0n) is 21.0. The van der Waals surface area contributed by atoms with Gasteiger partial charge in [-0.15, -0.1) is 11.3 Å². The first-order valence-corrected chi connectivity index (χ1v) is 14.2. The van der Waals surface area contributed by atoms with E-state index in [9.17, 15) is 0 Å². The largest absolute Gasteiger partial charge is 0.456 e. The van der Waals surface area contributed by atoms with Crippen LogP contribution in [0.3, 0.4) is 0 Å². The van der Waals surface area contributed by atoms with E-state index in [1.165, 1.54) is 59.0 Å². The Morgan fingerprint density at radius 2 is 1.31 bits per heavy atom. The Morgan fingerprint density at radius 1 is 0.590 bits per heavy atom. The van der Waals surface area contributed by atoms with Crippen LogP contribution < -0.4 is 4.90 Å². The van der Waals surface area contributed by atoms with Gasteiger partial charge in [0.05, 0.1) is 6.04 Å². The van der Waals surface area contributed by atoms with E-state index in [0.29, 0.717) is 12.0 Å². The number of furan rings is 1. The Morgan fingerprint density at radius 3 is 2.26 bits per heavy atom. The molecule has 9 rings (SSSR count). The second kappa shape index (κ2) is 7.95. The summed E-state index contributed by atoms with van der Waals surface area (Å²) in [6.45, 7) is 0. The van der Waals surface area contributed by atoms with Crippen LogP contribution in [0.1, 0.15) is 11.5 Å². The van der Waals surface area contributed by atoms with Crippen LogP contribution in [0, 0.1) is 0 Å². The van der Waals surface area contributed by atoms with Crippen LogP contribution in [0.15, 0.2) is 132 Å². The lowest BCUT2D eigenvalue weighted by molar-refractivity contribution is 0.669. The van der Waals surface area contributed by atoms with Crippen LogP contribution in [0.5, 0.6) is 0 Å². The summed E-state index contributed by atoms with van der Waals surface area (Å²) in [6, 6.07) is 37.8. The highest BCUT2D eigenvalue weighted by molar-refractivity contribution is 7.25. The van der Waals surface area contributed by atoms with Crippen molar-refractivity contribution >= 4 is 64.8 Å². The SMILES string of the molecule is C1=CC2c3ccccc3N(c3ccc4c(c3)sc3cc(-c5ccc6c(c5)oc5ccccc56)ccc34)C2C=C1. The predicted octanol–water partition coefficient (Wildman–Crippen LogP) is 10.4. The number of anilines is 2. The summed E-state index contributed by atoms with van der Waals surface area (Å²) in [7, 11) is 0. The van der Waals surface area contributed by atoms with Crippen molar-refractivity contribution in [2.45, 2.75) is 12.0 Å². The molecule has 3 heterocycles. The van der Waals surface area contributed by atoms with Crippen LogP contribution >= 0.6 is 11.3 Å². The highest BCUT2D eigenvalue weighted by atomic mass is 32.1. The molecule has 2 aliphatic rings. The molecular formula is C36H23NOS. The number of hydrogen-bond donors (Lipinski definition) is 0. The smallest absolute Gasteiger partial charge is 0.136 e. The molecule has 184 valence electrons. The Kier molecular flexibility index (Phi) is 4.35. The van der Waals surface area contributed by atoms with E-state index in [1.807, 2.05) is 23.5 Å². The van der Waals surface area contributed by atoms with Crippen LogP contribution in [0.2, 0.25) is 0 Å². The fourth-order valence-corrected chi connectivity index (χ4v) is 7.77. The third-order valence-corrected chi connectivity index (χ3v) is 9.52. The minimum absolute atomic E-state index is 0.319. The second-order valence-corrected chi connectivity index (χ2v) is 11.6. The van der Waals surface area contributed by atoms with Gasteiger partial charge in [0, 0.05) is 48.2 Å². The highest BCUT2D eigenvalue weighted by Crippen LogP contribution is 2.48. The molecule has 0 spiro atoms. The maximum Gasteiger partial charge on any atom is 0.136 e. The first-order chi connectivity index (χ1) is 19.3. The minimum Gasteiger partial charge on any atom is -0.456 e. The average molecular weight is 518 g/mol. The van der Waals surface area contributed by atoms with Gasteiger partial charge in [0.2, 0.25) is 0 Å². The van der Waals surface area contributed by atoms with Gasteiger partial charge in [-0.1, -0.05) is 85.0 Å². The number of para-hydroxylation sites is 2. The van der Waals surface area contributed by atoms with Crippen LogP contribution in [0.4, 0.5) is 11.4 Å². The van der Waals surface area contributed by atoms with Crippen LogP contribution in [0.25, 0.3) is 53.2 Å². The Balaban J connectivity index is 1.14. The number of rotatable bonds is 2. The average Bonchev–Trinajstić information content (AvgIpc) is 3.65. The van der Waals surface area contributed by atoms with Gasteiger partial charge in [-0.25, -0.2) is 0 Å². The molecule has 0 bridgehead atoms. The summed E-state index contributed by atoms with van der Waals surface area (Å²) < 4.78 is 8.80. The Bertz CT molecular complexity index is 2160. The molecule has 2 nitrogen and oxygen atoms in total. The Labute approximate surface area is 229 Å². The molecule has 5 aromatic carbocycles. The number of fused-ring (bicyclic) bond motifs is 9. The molecule has 0 N–H and O–H groups in total. The van der Waals surface area contributed by atoms with Crippen molar-refractivity contribution in [2.24, 2.45) is 0 Å². The van der Waals surface area contributed by atoms with E-state index in [2.05, 4.69) is 120 Å². The van der Waals surface area contributed by atoms with Gasteiger partial charge < -0.3 is 9.32 Å². The van der Waals surface area contributed by atoms with Gasteiger partial charge in [-0.2, -0.15) is 0 Å². The van der Waals surface area contributed by atoms with Crippen LogP contribution in [-0.2, 0) is 0 Å². The molecule has 2 atom stereocenters. The molecule has 0 fully saturated rings. The van der Waals surface area contributed by atoms with Gasteiger partial charge in [-0.05, 0) is 59.2 Å². The summed E-state index contributed by atoms with van der Waals surface area (Å²) >= 11 is 1.88. The summed E-state index contributed by atoms with van der Waals surface area (Å²) in [4.78, 5) is 2.51. The summed E-state index contributed by atoms with van der Waals surface area (Å²) in [5.41, 5.74) is 8.24. The quantitative estimate of drug-likeness (QED) is 0.227. The van der Waals surface area contributed by atoms with Gasteiger partial charge in [0.25, 0.3) is 0 Å². The van der Waals surface area contributed by atoms with Crippen LogP contribution in [-0.4, -0.2) is 6.04 Å². The van der Waals surface area contributed by atoms with Crippen molar-refractivity contribution in [1.29, 1.82) is 0 Å². The van der Waals surface area contributed by atoms with Gasteiger partial charge in [0.15, 0.2) is 0 Å². The number of hydrogen-bond acceptors (Lipinski definition) is 3. The lowest BCUT2D eigenvalue weighted by atomic mass is 9.91. The van der Waals surface area contributed by atoms with Crippen molar-refractivity contribution < 1.29 is 4.42 Å². The van der Waals surface area contributed by atoms with Gasteiger partial charge in [-0.3, -0.25) is 0 Å². The molecule has 39 heavy (non-hydrogen) atoms. The highest BCUT2D eigenvalue weighted by Gasteiger charge is 2.37. The maximum absolute atomic E-state index is 6.16. The topological polar surface area (TPSA) is 16.4 Å². The zero-order chi connectivity index (χ0) is 25.5. The molecule has 7 aromatic rings. The molecule has 0 radical (unpaired) electrons. The van der Waals surface area contributed by atoms with Crippen molar-refractivity contribution in [3.8, 4) is 11.1 Å². The molecule has 0 saturated carbocycles. The number of allylic oxidation sites excluding steroid dienone is 2. The maximum atomic E-state index is 6.16. The van der Waals surface area contributed by atoms with Gasteiger partial charge in [0.1, 0.15) is 11.2 Å². The van der Waals surface area contributed by atoms with Crippen molar-refractivity contribution in [1.82, 2.24) is 0 Å². The van der Waals surface area contributed by atoms with E-state index in [4.69, 9.17) is 4.42 Å². The lowest BCUT2D eigenvalue weighted by Crippen LogP contribution is -2.28. The minimum atomic E-state index is 0.319. The molecule has 2 unspecified atom stereocenters.